The third kappa shape index (κ3) is 2.16. The Hall–Kier alpha value is -1.30. The fraction of sp³-hybridized carbons (Fsp3) is 0.727. The van der Waals surface area contributed by atoms with Crippen LogP contribution in [0.15, 0.2) is 23.8 Å². The van der Waals surface area contributed by atoms with E-state index in [9.17, 15) is 24.9 Å². The maximum atomic E-state index is 12.5. The van der Waals surface area contributed by atoms with Crippen LogP contribution >= 0.6 is 0 Å². The quantitative estimate of drug-likeness (QED) is 0.687. The summed E-state index contributed by atoms with van der Waals surface area (Å²) in [6.07, 6.45) is 7.55. The maximum absolute atomic E-state index is 12.5. The summed E-state index contributed by atoms with van der Waals surface area (Å²) in [5, 5.41) is 32.0. The number of Topliss-reactive ketones (excluding diaryl/α,β-unsaturated/α-hetero) is 1. The first-order chi connectivity index (χ1) is 12.5. The summed E-state index contributed by atoms with van der Waals surface area (Å²) in [5.74, 6) is -0.528. The first kappa shape index (κ1) is 19.0. The molecule has 4 rings (SSSR count). The number of aliphatic hydroxyl groups is 3. The van der Waals surface area contributed by atoms with Crippen molar-refractivity contribution in [1.82, 2.24) is 0 Å². The second-order valence-corrected chi connectivity index (χ2v) is 9.89. The number of rotatable bonds is 2. The third-order valence-corrected chi connectivity index (χ3v) is 8.82. The van der Waals surface area contributed by atoms with Crippen LogP contribution in [0.2, 0.25) is 0 Å². The topological polar surface area (TPSA) is 94.8 Å². The van der Waals surface area contributed by atoms with Gasteiger partial charge in [0, 0.05) is 16.7 Å². The van der Waals surface area contributed by atoms with E-state index in [0.717, 1.165) is 18.4 Å². The van der Waals surface area contributed by atoms with E-state index in [0.29, 0.717) is 19.3 Å². The molecule has 0 aliphatic heterocycles. The van der Waals surface area contributed by atoms with Crippen molar-refractivity contribution in [2.45, 2.75) is 64.6 Å². The zero-order valence-electron chi connectivity index (χ0n) is 16.4. The Labute approximate surface area is 160 Å². The molecule has 148 valence electrons. The number of hydrogen-bond donors (Lipinski definition) is 3. The van der Waals surface area contributed by atoms with Crippen molar-refractivity contribution in [2.75, 3.05) is 6.61 Å². The van der Waals surface area contributed by atoms with Crippen molar-refractivity contribution < 1.29 is 24.9 Å². The predicted octanol–water partition coefficient (Wildman–Crippen LogP) is 1.95. The second-order valence-electron chi connectivity index (χ2n) is 9.89. The Morgan fingerprint density at radius 1 is 1.26 bits per heavy atom. The molecule has 27 heavy (non-hydrogen) atoms. The number of carbonyl (C=O) groups is 2. The lowest BCUT2D eigenvalue weighted by molar-refractivity contribution is -0.201. The Kier molecular flexibility index (Phi) is 3.96. The zero-order valence-corrected chi connectivity index (χ0v) is 16.4. The molecule has 4 aliphatic carbocycles. The molecule has 3 saturated carbocycles. The lowest BCUT2D eigenvalue weighted by Gasteiger charge is -2.64. The van der Waals surface area contributed by atoms with Gasteiger partial charge >= 0.3 is 0 Å². The summed E-state index contributed by atoms with van der Waals surface area (Å²) in [6, 6.07) is 0. The minimum atomic E-state index is -1.59. The Morgan fingerprint density at radius 3 is 2.63 bits per heavy atom. The van der Waals surface area contributed by atoms with Crippen molar-refractivity contribution in [3.8, 4) is 0 Å². The first-order valence-electron chi connectivity index (χ1n) is 10.0. The van der Waals surface area contributed by atoms with Crippen LogP contribution in [-0.4, -0.2) is 45.2 Å². The maximum Gasteiger partial charge on any atom is 0.190 e. The SMILES string of the molecule is C[C@@]12CCC3=CC(=O)C=C[C@]3(C)[C@H]1[C@@H](O)C[C@@]1(C)[C@H]2CC[C@]1(O)C(=O)CO. The van der Waals surface area contributed by atoms with Gasteiger partial charge in [0.25, 0.3) is 0 Å². The lowest BCUT2D eigenvalue weighted by Crippen LogP contribution is -2.65. The van der Waals surface area contributed by atoms with E-state index >= 15 is 0 Å². The summed E-state index contributed by atoms with van der Waals surface area (Å²) >= 11 is 0. The van der Waals surface area contributed by atoms with Crippen LogP contribution in [0.25, 0.3) is 0 Å². The van der Waals surface area contributed by atoms with Gasteiger partial charge in [-0.15, -0.1) is 0 Å². The molecule has 5 nitrogen and oxygen atoms in total. The molecule has 0 amide bonds. The molecule has 0 spiro atoms. The highest BCUT2D eigenvalue weighted by Gasteiger charge is 2.71. The lowest BCUT2D eigenvalue weighted by atomic mass is 9.40. The monoisotopic (exact) mass is 374 g/mol. The Bertz CT molecular complexity index is 769. The van der Waals surface area contributed by atoms with Gasteiger partial charge in [-0.2, -0.15) is 0 Å². The van der Waals surface area contributed by atoms with Crippen molar-refractivity contribution in [3.05, 3.63) is 23.8 Å². The molecule has 0 saturated heterocycles. The van der Waals surface area contributed by atoms with Gasteiger partial charge in [0.05, 0.1) is 6.10 Å². The van der Waals surface area contributed by atoms with E-state index in [-0.39, 0.29) is 28.4 Å². The van der Waals surface area contributed by atoms with Crippen molar-refractivity contribution in [2.24, 2.45) is 28.1 Å². The van der Waals surface area contributed by atoms with Crippen LogP contribution in [-0.2, 0) is 9.59 Å². The third-order valence-electron chi connectivity index (χ3n) is 8.82. The zero-order chi connectivity index (χ0) is 19.8. The molecule has 0 heterocycles. The molecule has 4 aliphatic rings. The molecular weight excluding hydrogens is 344 g/mol. The number of allylic oxidation sites excluding steroid dienone is 4. The number of carbonyl (C=O) groups excluding carboxylic acids is 2. The summed E-state index contributed by atoms with van der Waals surface area (Å²) in [4.78, 5) is 24.3. The van der Waals surface area contributed by atoms with Gasteiger partial charge in [0.2, 0.25) is 0 Å². The molecule has 3 N–H and O–H groups in total. The molecule has 7 atom stereocenters. The van der Waals surface area contributed by atoms with Crippen LogP contribution in [0.3, 0.4) is 0 Å². The van der Waals surface area contributed by atoms with Crippen LogP contribution in [0.4, 0.5) is 0 Å². The highest BCUT2D eigenvalue weighted by atomic mass is 16.3. The van der Waals surface area contributed by atoms with E-state index in [4.69, 9.17) is 0 Å². The summed E-state index contributed by atoms with van der Waals surface area (Å²) in [6.45, 7) is 5.53. The number of hydrogen-bond acceptors (Lipinski definition) is 5. The van der Waals surface area contributed by atoms with Gasteiger partial charge in [-0.25, -0.2) is 0 Å². The number of aliphatic hydroxyl groups excluding tert-OH is 2. The average molecular weight is 374 g/mol. The highest BCUT2D eigenvalue weighted by molar-refractivity contribution is 6.01. The van der Waals surface area contributed by atoms with Gasteiger partial charge < -0.3 is 15.3 Å². The van der Waals surface area contributed by atoms with Crippen LogP contribution in [0, 0.1) is 28.1 Å². The fourth-order valence-corrected chi connectivity index (χ4v) is 7.61. The van der Waals surface area contributed by atoms with E-state index < -0.39 is 29.5 Å². The molecule has 0 aromatic heterocycles. The van der Waals surface area contributed by atoms with E-state index in [2.05, 4.69) is 13.8 Å². The second kappa shape index (κ2) is 5.62. The van der Waals surface area contributed by atoms with Gasteiger partial charge in [0.15, 0.2) is 11.6 Å². The van der Waals surface area contributed by atoms with Gasteiger partial charge in [-0.05, 0) is 55.6 Å². The van der Waals surface area contributed by atoms with E-state index in [1.54, 1.807) is 12.2 Å². The van der Waals surface area contributed by atoms with E-state index in [1.807, 2.05) is 13.0 Å². The summed E-state index contributed by atoms with van der Waals surface area (Å²) in [7, 11) is 0. The highest BCUT2D eigenvalue weighted by Crippen LogP contribution is 2.71. The van der Waals surface area contributed by atoms with Gasteiger partial charge in [0.1, 0.15) is 12.2 Å². The molecule has 0 unspecified atom stereocenters. The summed E-state index contributed by atoms with van der Waals surface area (Å²) in [5.41, 5.74) is -1.91. The predicted molar refractivity (Wildman–Crippen MR) is 99.7 cm³/mol. The van der Waals surface area contributed by atoms with Crippen molar-refractivity contribution in [3.63, 3.8) is 0 Å². The number of ketones is 2. The normalized spacial score (nSPS) is 51.3. The van der Waals surface area contributed by atoms with Crippen LogP contribution in [0.5, 0.6) is 0 Å². The molecule has 3 fully saturated rings. The Balaban J connectivity index is 1.81. The molecule has 0 aromatic carbocycles. The fourth-order valence-electron chi connectivity index (χ4n) is 7.61. The largest absolute Gasteiger partial charge is 0.393 e. The minimum absolute atomic E-state index is 0.00463. The standard InChI is InChI=1S/C22H30O5/c1-19-8-5-14(24)10-13(19)4-7-20(2)16-6-9-22(27,17(26)12-23)21(16,3)11-15(25)18(19)20/h5,8,10,15-16,18,23,25,27H,4,6-7,9,11-12H2,1-3H3/t15-,16-,18+,19-,20-,21-,22-/m0/s1. The molecule has 5 heteroatoms. The molecular formula is C22H30O5. The van der Waals surface area contributed by atoms with Gasteiger partial charge in [-0.1, -0.05) is 32.4 Å². The van der Waals surface area contributed by atoms with Crippen LogP contribution < -0.4 is 0 Å². The molecule has 0 bridgehead atoms. The minimum Gasteiger partial charge on any atom is -0.393 e. The molecule has 0 radical (unpaired) electrons. The van der Waals surface area contributed by atoms with Gasteiger partial charge in [-0.3, -0.25) is 9.59 Å². The average Bonchev–Trinajstić information content (AvgIpc) is 2.87. The molecule has 0 aromatic rings. The van der Waals surface area contributed by atoms with E-state index in [1.165, 1.54) is 0 Å². The summed E-state index contributed by atoms with van der Waals surface area (Å²) < 4.78 is 0. The van der Waals surface area contributed by atoms with Crippen molar-refractivity contribution in [1.29, 1.82) is 0 Å². The number of fused-ring (bicyclic) bond motifs is 5. The first-order valence-corrected chi connectivity index (χ1v) is 10.0. The van der Waals surface area contributed by atoms with Crippen molar-refractivity contribution >= 4 is 11.6 Å². The van der Waals surface area contributed by atoms with Crippen LogP contribution in [0.1, 0.15) is 52.9 Å². The Morgan fingerprint density at radius 2 is 1.96 bits per heavy atom. The smallest absolute Gasteiger partial charge is 0.190 e.